The van der Waals surface area contributed by atoms with Gasteiger partial charge in [-0.3, -0.25) is 9.59 Å². The van der Waals surface area contributed by atoms with Gasteiger partial charge in [-0.05, 0) is 17.7 Å². The van der Waals surface area contributed by atoms with E-state index in [1.165, 1.54) is 18.7 Å². The van der Waals surface area contributed by atoms with Gasteiger partial charge in [0.25, 0.3) is 0 Å². The van der Waals surface area contributed by atoms with Crippen molar-refractivity contribution in [3.63, 3.8) is 0 Å². The van der Waals surface area contributed by atoms with Crippen molar-refractivity contribution in [1.82, 2.24) is 4.90 Å². The quantitative estimate of drug-likeness (QED) is 0.643. The molecule has 5 heteroatoms. The molecule has 1 N–H and O–H groups in total. The fourth-order valence-electron chi connectivity index (χ4n) is 1.44. The molecule has 0 heterocycles. The molecule has 1 rings (SSSR count). The summed E-state index contributed by atoms with van der Waals surface area (Å²) in [5, 5.41) is 9.96. The lowest BCUT2D eigenvalue weighted by molar-refractivity contribution is -0.132. The van der Waals surface area contributed by atoms with E-state index in [0.29, 0.717) is 11.3 Å². The molecule has 1 amide bonds. The number of aliphatic hydroxyl groups is 1. The molecule has 0 aliphatic carbocycles. The highest BCUT2D eigenvalue weighted by Crippen LogP contribution is 2.20. The molecule has 0 fully saturated rings. The standard InChI is InChI=1S/C13H17NO4/c1-9(15)14(3)8-13(17)11-5-4-6-12(7-11)18-10(2)16/h4-7,13,17H,8H2,1-3H3. The number of rotatable bonds is 4. The summed E-state index contributed by atoms with van der Waals surface area (Å²) in [7, 11) is 1.61. The van der Waals surface area contributed by atoms with Gasteiger partial charge in [-0.2, -0.15) is 0 Å². The van der Waals surface area contributed by atoms with Crippen LogP contribution in [0.1, 0.15) is 25.5 Å². The topological polar surface area (TPSA) is 66.8 Å². The number of hydrogen-bond donors (Lipinski definition) is 1. The number of aliphatic hydroxyl groups excluding tert-OH is 1. The lowest BCUT2D eigenvalue weighted by Gasteiger charge is -2.19. The fourth-order valence-corrected chi connectivity index (χ4v) is 1.44. The van der Waals surface area contributed by atoms with Gasteiger partial charge >= 0.3 is 5.97 Å². The highest BCUT2D eigenvalue weighted by molar-refractivity contribution is 5.72. The summed E-state index contributed by atoms with van der Waals surface area (Å²) in [4.78, 5) is 23.3. The molecule has 0 aromatic heterocycles. The molecular formula is C13H17NO4. The smallest absolute Gasteiger partial charge is 0.308 e. The molecule has 0 spiro atoms. The average Bonchev–Trinajstić information content (AvgIpc) is 2.28. The predicted molar refractivity (Wildman–Crippen MR) is 66.0 cm³/mol. The van der Waals surface area contributed by atoms with Gasteiger partial charge in [-0.15, -0.1) is 0 Å². The van der Waals surface area contributed by atoms with Crippen molar-refractivity contribution >= 4 is 11.9 Å². The maximum Gasteiger partial charge on any atom is 0.308 e. The summed E-state index contributed by atoms with van der Waals surface area (Å²) < 4.78 is 4.93. The number of carbonyl (C=O) groups excluding carboxylic acids is 2. The van der Waals surface area contributed by atoms with Crippen molar-refractivity contribution in [2.75, 3.05) is 13.6 Å². The maximum absolute atomic E-state index is 11.1. The molecule has 1 aromatic rings. The number of amides is 1. The molecule has 0 saturated carbocycles. The minimum Gasteiger partial charge on any atom is -0.427 e. The zero-order valence-corrected chi connectivity index (χ0v) is 10.7. The first-order chi connectivity index (χ1) is 8.40. The normalized spacial score (nSPS) is 11.8. The lowest BCUT2D eigenvalue weighted by Crippen LogP contribution is -2.28. The fraction of sp³-hybridized carbons (Fsp3) is 0.385. The Morgan fingerprint density at radius 2 is 2.06 bits per heavy atom. The number of nitrogens with zero attached hydrogens (tertiary/aromatic N) is 1. The third-order valence-corrected chi connectivity index (χ3v) is 2.49. The van der Waals surface area contributed by atoms with Crippen molar-refractivity contribution in [3.8, 4) is 5.75 Å². The van der Waals surface area contributed by atoms with Crippen molar-refractivity contribution in [1.29, 1.82) is 0 Å². The van der Waals surface area contributed by atoms with Crippen LogP contribution in [0.5, 0.6) is 5.75 Å². The summed E-state index contributed by atoms with van der Waals surface area (Å²) in [6.07, 6.45) is -0.811. The van der Waals surface area contributed by atoms with E-state index in [-0.39, 0.29) is 12.5 Å². The van der Waals surface area contributed by atoms with E-state index in [1.54, 1.807) is 31.3 Å². The van der Waals surface area contributed by atoms with Gasteiger partial charge in [0.1, 0.15) is 5.75 Å². The van der Waals surface area contributed by atoms with E-state index in [4.69, 9.17) is 4.74 Å². The molecule has 5 nitrogen and oxygen atoms in total. The van der Waals surface area contributed by atoms with E-state index in [0.717, 1.165) is 0 Å². The Balaban J connectivity index is 2.76. The molecule has 0 saturated heterocycles. The van der Waals surface area contributed by atoms with Gasteiger partial charge in [0, 0.05) is 20.9 Å². The van der Waals surface area contributed by atoms with Crippen LogP contribution in [-0.2, 0) is 9.59 Å². The summed E-state index contributed by atoms with van der Waals surface area (Å²) in [5.41, 5.74) is 0.599. The van der Waals surface area contributed by atoms with Gasteiger partial charge < -0.3 is 14.7 Å². The van der Waals surface area contributed by atoms with E-state index in [2.05, 4.69) is 0 Å². The van der Waals surface area contributed by atoms with Crippen LogP contribution in [0, 0.1) is 0 Å². The molecule has 0 bridgehead atoms. The Labute approximate surface area is 106 Å². The van der Waals surface area contributed by atoms with Crippen molar-refractivity contribution in [2.24, 2.45) is 0 Å². The second-order valence-corrected chi connectivity index (χ2v) is 4.08. The summed E-state index contributed by atoms with van der Waals surface area (Å²) >= 11 is 0. The van der Waals surface area contributed by atoms with Crippen LogP contribution >= 0.6 is 0 Å². The van der Waals surface area contributed by atoms with Gasteiger partial charge in [0.05, 0.1) is 12.6 Å². The Hall–Kier alpha value is -1.88. The summed E-state index contributed by atoms with van der Waals surface area (Å²) in [6.45, 7) is 2.94. The van der Waals surface area contributed by atoms with Crippen molar-refractivity contribution in [2.45, 2.75) is 20.0 Å². The number of carbonyl (C=O) groups is 2. The number of benzene rings is 1. The molecule has 98 valence electrons. The highest BCUT2D eigenvalue weighted by Gasteiger charge is 2.13. The van der Waals surface area contributed by atoms with Crippen LogP contribution in [0.3, 0.4) is 0 Å². The number of ether oxygens (including phenoxy) is 1. The van der Waals surface area contributed by atoms with Crippen LogP contribution in [0.2, 0.25) is 0 Å². The second kappa shape index (κ2) is 6.16. The zero-order valence-electron chi connectivity index (χ0n) is 10.7. The first-order valence-corrected chi connectivity index (χ1v) is 5.58. The third-order valence-electron chi connectivity index (χ3n) is 2.49. The highest BCUT2D eigenvalue weighted by atomic mass is 16.5. The summed E-state index contributed by atoms with van der Waals surface area (Å²) in [5.74, 6) is -0.155. The Morgan fingerprint density at radius 1 is 1.39 bits per heavy atom. The zero-order chi connectivity index (χ0) is 13.7. The van der Waals surface area contributed by atoms with E-state index in [1.807, 2.05) is 0 Å². The molecule has 0 radical (unpaired) electrons. The first kappa shape index (κ1) is 14.2. The number of esters is 1. The molecule has 0 aliphatic rings. The molecule has 1 atom stereocenters. The van der Waals surface area contributed by atoms with Gasteiger partial charge in [0.15, 0.2) is 0 Å². The average molecular weight is 251 g/mol. The SMILES string of the molecule is CC(=O)Oc1cccc(C(O)CN(C)C(C)=O)c1. The van der Waals surface area contributed by atoms with Gasteiger partial charge in [-0.1, -0.05) is 12.1 Å². The Bertz CT molecular complexity index is 444. The largest absolute Gasteiger partial charge is 0.427 e. The van der Waals surface area contributed by atoms with Gasteiger partial charge in [0.2, 0.25) is 5.91 Å². The Kier molecular flexibility index (Phi) is 4.85. The van der Waals surface area contributed by atoms with Crippen LogP contribution in [0.15, 0.2) is 24.3 Å². The van der Waals surface area contributed by atoms with Crippen LogP contribution in [-0.4, -0.2) is 35.5 Å². The van der Waals surface area contributed by atoms with Crippen molar-refractivity contribution < 1.29 is 19.4 Å². The van der Waals surface area contributed by atoms with E-state index in [9.17, 15) is 14.7 Å². The molecule has 0 aliphatic heterocycles. The van der Waals surface area contributed by atoms with Crippen LogP contribution in [0.4, 0.5) is 0 Å². The minimum absolute atomic E-state index is 0.120. The number of hydrogen-bond acceptors (Lipinski definition) is 4. The van der Waals surface area contributed by atoms with E-state index < -0.39 is 12.1 Å². The van der Waals surface area contributed by atoms with E-state index >= 15 is 0 Å². The Morgan fingerprint density at radius 3 is 2.61 bits per heavy atom. The first-order valence-electron chi connectivity index (χ1n) is 5.58. The summed E-state index contributed by atoms with van der Waals surface area (Å²) in [6, 6.07) is 6.61. The van der Waals surface area contributed by atoms with Crippen molar-refractivity contribution in [3.05, 3.63) is 29.8 Å². The second-order valence-electron chi connectivity index (χ2n) is 4.08. The molecule has 1 unspecified atom stereocenters. The maximum atomic E-state index is 11.1. The predicted octanol–water partition coefficient (Wildman–Crippen LogP) is 1.12. The third kappa shape index (κ3) is 4.18. The number of likely N-dealkylation sites (N-methyl/N-ethyl adjacent to an activating group) is 1. The molecule has 1 aromatic carbocycles. The lowest BCUT2D eigenvalue weighted by atomic mass is 10.1. The van der Waals surface area contributed by atoms with Crippen LogP contribution < -0.4 is 4.74 Å². The van der Waals surface area contributed by atoms with Crippen LogP contribution in [0.25, 0.3) is 0 Å². The molecule has 18 heavy (non-hydrogen) atoms. The molecular weight excluding hydrogens is 234 g/mol. The van der Waals surface area contributed by atoms with Gasteiger partial charge in [-0.25, -0.2) is 0 Å². The minimum atomic E-state index is -0.811. The monoisotopic (exact) mass is 251 g/mol.